The van der Waals surface area contributed by atoms with Crippen molar-refractivity contribution in [1.29, 1.82) is 0 Å². The molecule has 30 heavy (non-hydrogen) atoms. The summed E-state index contributed by atoms with van der Waals surface area (Å²) in [6.45, 7) is 2.08. The molecule has 0 amide bonds. The summed E-state index contributed by atoms with van der Waals surface area (Å²) >= 11 is 3.40. The normalized spacial score (nSPS) is 11.9. The molecule has 0 N–H and O–H groups in total. The maximum absolute atomic E-state index is 13.0. The molecule has 0 unspecified atom stereocenters. The van der Waals surface area contributed by atoms with Crippen LogP contribution in [0.3, 0.4) is 0 Å². The van der Waals surface area contributed by atoms with Crippen molar-refractivity contribution in [3.8, 4) is 5.75 Å². The van der Waals surface area contributed by atoms with Crippen LogP contribution in [-0.4, -0.2) is 43.1 Å². The Hall–Kier alpha value is -2.43. The number of hydrogen-bond acceptors (Lipinski definition) is 5. The summed E-state index contributed by atoms with van der Waals surface area (Å²) in [6, 6.07) is 9.79. The standard InChI is InChI=1S/C20H22BrN3O5S/c1-5-23-16-8-7-15(30(27,28)22(2)3)11-17(16)24(20(26)19(23)25)12-13-10-14(21)6-9-18(13)29-4/h6-11H,5,12H2,1-4H3. The van der Waals surface area contributed by atoms with Crippen molar-refractivity contribution in [3.05, 3.63) is 67.1 Å². The molecule has 0 aliphatic rings. The summed E-state index contributed by atoms with van der Waals surface area (Å²) in [5.74, 6) is 0.551. The Morgan fingerprint density at radius 1 is 1.00 bits per heavy atom. The smallest absolute Gasteiger partial charge is 0.317 e. The topological polar surface area (TPSA) is 90.6 Å². The van der Waals surface area contributed by atoms with E-state index in [-0.39, 0.29) is 18.0 Å². The third-order valence-corrected chi connectivity index (χ3v) is 7.17. The average molecular weight is 496 g/mol. The van der Waals surface area contributed by atoms with Gasteiger partial charge in [-0.25, -0.2) is 12.7 Å². The van der Waals surface area contributed by atoms with Gasteiger partial charge in [-0.15, -0.1) is 0 Å². The number of halogens is 1. The number of ether oxygens (including phenoxy) is 1. The quantitative estimate of drug-likeness (QED) is 0.489. The Kier molecular flexibility index (Phi) is 6.21. The van der Waals surface area contributed by atoms with Crippen LogP contribution in [-0.2, 0) is 23.1 Å². The molecule has 2 aromatic carbocycles. The number of aromatic nitrogens is 2. The van der Waals surface area contributed by atoms with Crippen LogP contribution in [0.25, 0.3) is 11.0 Å². The molecule has 0 aliphatic carbocycles. The van der Waals surface area contributed by atoms with Crippen molar-refractivity contribution >= 4 is 37.0 Å². The molecule has 0 saturated carbocycles. The summed E-state index contributed by atoms with van der Waals surface area (Å²) < 4.78 is 35.2. The Morgan fingerprint density at radius 3 is 2.27 bits per heavy atom. The van der Waals surface area contributed by atoms with Gasteiger partial charge < -0.3 is 9.30 Å². The molecular formula is C20H22BrN3O5S. The van der Waals surface area contributed by atoms with Gasteiger partial charge in [0, 0.05) is 30.7 Å². The maximum atomic E-state index is 13.0. The highest BCUT2D eigenvalue weighted by Gasteiger charge is 2.21. The van der Waals surface area contributed by atoms with Gasteiger partial charge in [-0.2, -0.15) is 0 Å². The van der Waals surface area contributed by atoms with E-state index in [1.807, 2.05) is 0 Å². The monoisotopic (exact) mass is 495 g/mol. The second kappa shape index (κ2) is 8.37. The Balaban J connectivity index is 2.38. The third kappa shape index (κ3) is 3.82. The molecule has 3 aromatic rings. The van der Waals surface area contributed by atoms with Crippen LogP contribution in [0.5, 0.6) is 5.75 Å². The van der Waals surface area contributed by atoms with Crippen LogP contribution in [0, 0.1) is 0 Å². The number of nitrogens with zero attached hydrogens (tertiary/aromatic N) is 3. The summed E-state index contributed by atoms with van der Waals surface area (Å²) in [4.78, 5) is 25.7. The van der Waals surface area contributed by atoms with Gasteiger partial charge in [-0.1, -0.05) is 15.9 Å². The molecule has 0 bridgehead atoms. The highest BCUT2D eigenvalue weighted by molar-refractivity contribution is 9.10. The van der Waals surface area contributed by atoms with Crippen molar-refractivity contribution in [2.75, 3.05) is 21.2 Å². The van der Waals surface area contributed by atoms with Crippen LogP contribution < -0.4 is 15.9 Å². The Labute approximate surface area is 182 Å². The van der Waals surface area contributed by atoms with E-state index in [2.05, 4.69) is 15.9 Å². The number of hydrogen-bond donors (Lipinski definition) is 0. The zero-order valence-electron chi connectivity index (χ0n) is 17.0. The number of sulfonamides is 1. The van der Waals surface area contributed by atoms with Gasteiger partial charge in [0.1, 0.15) is 5.75 Å². The molecule has 0 radical (unpaired) electrons. The van der Waals surface area contributed by atoms with Gasteiger partial charge >= 0.3 is 11.1 Å². The van der Waals surface area contributed by atoms with Crippen LogP contribution in [0.4, 0.5) is 0 Å². The second-order valence-corrected chi connectivity index (χ2v) is 9.90. The highest BCUT2D eigenvalue weighted by Crippen LogP contribution is 2.25. The van der Waals surface area contributed by atoms with E-state index >= 15 is 0 Å². The van der Waals surface area contributed by atoms with Crippen molar-refractivity contribution in [2.24, 2.45) is 0 Å². The van der Waals surface area contributed by atoms with E-state index in [0.29, 0.717) is 22.3 Å². The Bertz CT molecular complexity index is 1340. The summed E-state index contributed by atoms with van der Waals surface area (Å²) in [6.07, 6.45) is 0. The van der Waals surface area contributed by atoms with Crippen LogP contribution in [0.15, 0.2) is 55.4 Å². The molecule has 10 heteroatoms. The molecule has 160 valence electrons. The molecular weight excluding hydrogens is 474 g/mol. The van der Waals surface area contributed by atoms with Crippen LogP contribution in [0.2, 0.25) is 0 Å². The first kappa shape index (κ1) is 22.3. The van der Waals surface area contributed by atoms with Crippen LogP contribution >= 0.6 is 15.9 Å². The molecule has 0 aliphatic heterocycles. The zero-order chi connectivity index (χ0) is 22.2. The van der Waals surface area contributed by atoms with E-state index in [1.165, 1.54) is 42.5 Å². The minimum absolute atomic E-state index is 0.0376. The minimum atomic E-state index is -3.72. The number of aryl methyl sites for hydroxylation is 1. The predicted molar refractivity (Wildman–Crippen MR) is 119 cm³/mol. The summed E-state index contributed by atoms with van der Waals surface area (Å²) in [5, 5.41) is 0. The number of benzene rings is 2. The van der Waals surface area contributed by atoms with Gasteiger partial charge in [-0.3, -0.25) is 14.2 Å². The highest BCUT2D eigenvalue weighted by atomic mass is 79.9. The lowest BCUT2D eigenvalue weighted by molar-refractivity contribution is 0.408. The molecule has 1 aromatic heterocycles. The lowest BCUT2D eigenvalue weighted by Crippen LogP contribution is -2.41. The van der Waals surface area contributed by atoms with Gasteiger partial charge in [-0.05, 0) is 43.3 Å². The molecule has 1 heterocycles. The minimum Gasteiger partial charge on any atom is -0.496 e. The first-order chi connectivity index (χ1) is 14.1. The number of rotatable bonds is 6. The van der Waals surface area contributed by atoms with Gasteiger partial charge in [0.25, 0.3) is 0 Å². The molecule has 3 rings (SSSR count). The lowest BCUT2D eigenvalue weighted by atomic mass is 10.2. The number of fused-ring (bicyclic) bond motifs is 1. The molecule has 0 fully saturated rings. The fraction of sp³-hybridized carbons (Fsp3) is 0.300. The molecule has 8 nitrogen and oxygen atoms in total. The van der Waals surface area contributed by atoms with Crippen molar-refractivity contribution in [3.63, 3.8) is 0 Å². The molecule has 0 atom stereocenters. The fourth-order valence-corrected chi connectivity index (χ4v) is 4.61. The number of methoxy groups -OCH3 is 1. The van der Waals surface area contributed by atoms with Crippen molar-refractivity contribution in [2.45, 2.75) is 24.9 Å². The van der Waals surface area contributed by atoms with Gasteiger partial charge in [0.05, 0.1) is 29.6 Å². The SMILES string of the molecule is CCn1c(=O)c(=O)n(Cc2cc(Br)ccc2OC)c2cc(S(=O)(=O)N(C)C)ccc21. The lowest BCUT2D eigenvalue weighted by Gasteiger charge is -2.18. The van der Waals surface area contributed by atoms with E-state index in [0.717, 1.165) is 8.78 Å². The van der Waals surface area contributed by atoms with E-state index < -0.39 is 21.1 Å². The first-order valence-corrected chi connectivity index (χ1v) is 11.4. The van der Waals surface area contributed by atoms with E-state index in [1.54, 1.807) is 31.2 Å². The van der Waals surface area contributed by atoms with Crippen molar-refractivity contribution in [1.82, 2.24) is 13.4 Å². The third-order valence-electron chi connectivity index (χ3n) is 4.87. The van der Waals surface area contributed by atoms with Gasteiger partial charge in [0.2, 0.25) is 10.0 Å². The summed E-state index contributed by atoms with van der Waals surface area (Å²) in [5.41, 5.74) is 0.109. The van der Waals surface area contributed by atoms with E-state index in [4.69, 9.17) is 4.74 Å². The fourth-order valence-electron chi connectivity index (χ4n) is 3.28. The molecule has 0 spiro atoms. The second-order valence-electron chi connectivity index (χ2n) is 6.83. The Morgan fingerprint density at radius 2 is 1.67 bits per heavy atom. The van der Waals surface area contributed by atoms with Crippen molar-refractivity contribution < 1.29 is 13.2 Å². The molecule has 0 saturated heterocycles. The van der Waals surface area contributed by atoms with Gasteiger partial charge in [0.15, 0.2) is 0 Å². The zero-order valence-corrected chi connectivity index (χ0v) is 19.4. The average Bonchev–Trinajstić information content (AvgIpc) is 2.71. The predicted octanol–water partition coefficient (Wildman–Crippen LogP) is 2.25. The largest absolute Gasteiger partial charge is 0.496 e. The van der Waals surface area contributed by atoms with Crippen LogP contribution in [0.1, 0.15) is 12.5 Å². The maximum Gasteiger partial charge on any atom is 0.317 e. The van der Waals surface area contributed by atoms with E-state index in [9.17, 15) is 18.0 Å². The summed E-state index contributed by atoms with van der Waals surface area (Å²) in [7, 11) is 0.670. The first-order valence-electron chi connectivity index (χ1n) is 9.14.